The Hall–Kier alpha value is -2.04. The summed E-state index contributed by atoms with van der Waals surface area (Å²) in [6.45, 7) is 7.58. The molecule has 8 heteroatoms. The minimum atomic E-state index is -1.15. The predicted molar refractivity (Wildman–Crippen MR) is 115 cm³/mol. The number of carbonyl (C=O) groups excluding carboxylic acids is 1. The van der Waals surface area contributed by atoms with Gasteiger partial charge in [0.15, 0.2) is 0 Å². The van der Waals surface area contributed by atoms with Gasteiger partial charge < -0.3 is 19.7 Å². The summed E-state index contributed by atoms with van der Waals surface area (Å²) in [5, 5.41) is 3.01. The zero-order valence-electron chi connectivity index (χ0n) is 17.7. The van der Waals surface area contributed by atoms with Crippen molar-refractivity contribution >= 4 is 23.4 Å². The summed E-state index contributed by atoms with van der Waals surface area (Å²) in [5.41, 5.74) is 0.909. The van der Waals surface area contributed by atoms with E-state index in [4.69, 9.17) is 21.1 Å². The van der Waals surface area contributed by atoms with E-state index in [2.05, 4.69) is 22.1 Å². The van der Waals surface area contributed by atoms with Crippen LogP contribution in [0.3, 0.4) is 0 Å². The third-order valence-corrected chi connectivity index (χ3v) is 5.26. The lowest BCUT2D eigenvalue weighted by atomic mass is 10.00. The van der Waals surface area contributed by atoms with Gasteiger partial charge >= 0.3 is 6.09 Å². The van der Waals surface area contributed by atoms with Crippen LogP contribution in [-0.4, -0.2) is 55.2 Å². The Bertz CT molecular complexity index is 812. The molecular formula is C22H29ClFN3O3. The number of halogens is 2. The largest absolute Gasteiger partial charge is 0.444 e. The Morgan fingerprint density at radius 2 is 2.10 bits per heavy atom. The average Bonchev–Trinajstić information content (AvgIpc) is 2.68. The molecule has 1 aromatic rings. The van der Waals surface area contributed by atoms with Crippen LogP contribution in [0.4, 0.5) is 14.9 Å². The first-order valence-corrected chi connectivity index (χ1v) is 10.7. The second-order valence-electron chi connectivity index (χ2n) is 8.68. The number of nitrogens with zero attached hydrogens (tertiary/aromatic N) is 2. The maximum absolute atomic E-state index is 14.5. The van der Waals surface area contributed by atoms with Crippen LogP contribution in [0, 0.1) is 17.8 Å². The van der Waals surface area contributed by atoms with E-state index in [1.807, 2.05) is 4.90 Å². The lowest BCUT2D eigenvalue weighted by Gasteiger charge is -2.37. The quantitative estimate of drug-likeness (QED) is 0.560. The number of hydrogen-bond acceptors (Lipinski definition) is 5. The number of hydrogen-bond donors (Lipinski definition) is 1. The maximum Gasteiger partial charge on any atom is 0.408 e. The van der Waals surface area contributed by atoms with E-state index in [9.17, 15) is 9.18 Å². The highest BCUT2D eigenvalue weighted by molar-refractivity contribution is 6.29. The average molecular weight is 438 g/mol. The number of pyridine rings is 1. The summed E-state index contributed by atoms with van der Waals surface area (Å²) in [7, 11) is 0. The number of anilines is 1. The first-order valence-electron chi connectivity index (χ1n) is 10.3. The monoisotopic (exact) mass is 437 g/mol. The Morgan fingerprint density at radius 3 is 2.80 bits per heavy atom. The summed E-state index contributed by atoms with van der Waals surface area (Å²) >= 11 is 6.14. The molecule has 1 N–H and O–H groups in total. The second kappa shape index (κ2) is 9.84. The molecule has 0 unspecified atom stereocenters. The fraction of sp³-hybridized carbons (Fsp3) is 0.636. The topological polar surface area (TPSA) is 63.7 Å². The zero-order chi connectivity index (χ0) is 21.7. The minimum Gasteiger partial charge on any atom is -0.444 e. The highest BCUT2D eigenvalue weighted by Crippen LogP contribution is 2.27. The minimum absolute atomic E-state index is 0.285. The summed E-state index contributed by atoms with van der Waals surface area (Å²) < 4.78 is 25.2. The van der Waals surface area contributed by atoms with Crippen molar-refractivity contribution in [3.05, 3.63) is 23.0 Å². The van der Waals surface area contributed by atoms with Crippen molar-refractivity contribution in [2.45, 2.75) is 57.8 Å². The van der Waals surface area contributed by atoms with Crippen LogP contribution in [-0.2, 0) is 9.47 Å². The Kier molecular flexibility index (Phi) is 7.43. The van der Waals surface area contributed by atoms with Crippen LogP contribution >= 0.6 is 11.6 Å². The number of carbonyl (C=O) groups is 1. The third kappa shape index (κ3) is 6.48. The predicted octanol–water partition coefficient (Wildman–Crippen LogP) is 3.95. The molecule has 2 saturated heterocycles. The van der Waals surface area contributed by atoms with Crippen LogP contribution < -0.4 is 10.2 Å². The van der Waals surface area contributed by atoms with Gasteiger partial charge in [-0.3, -0.25) is 0 Å². The van der Waals surface area contributed by atoms with E-state index >= 15 is 0 Å². The second-order valence-corrected chi connectivity index (χ2v) is 9.07. The summed E-state index contributed by atoms with van der Waals surface area (Å²) in [4.78, 5) is 18.3. The number of piperidine rings is 1. The lowest BCUT2D eigenvalue weighted by Crippen LogP contribution is -2.54. The van der Waals surface area contributed by atoms with Gasteiger partial charge in [-0.15, -0.1) is 0 Å². The van der Waals surface area contributed by atoms with E-state index < -0.39 is 23.9 Å². The van der Waals surface area contributed by atoms with E-state index in [-0.39, 0.29) is 6.42 Å². The van der Waals surface area contributed by atoms with E-state index in [0.717, 1.165) is 37.3 Å². The fourth-order valence-corrected chi connectivity index (χ4v) is 3.69. The van der Waals surface area contributed by atoms with Crippen LogP contribution in [0.2, 0.25) is 5.15 Å². The van der Waals surface area contributed by atoms with E-state index in [1.165, 1.54) is 0 Å². The van der Waals surface area contributed by atoms with Gasteiger partial charge in [0.1, 0.15) is 16.9 Å². The molecule has 3 heterocycles. The first kappa shape index (κ1) is 22.6. The van der Waals surface area contributed by atoms with Gasteiger partial charge in [0.2, 0.25) is 0 Å². The van der Waals surface area contributed by atoms with Crippen LogP contribution in [0.15, 0.2) is 12.3 Å². The van der Waals surface area contributed by atoms with Gasteiger partial charge in [-0.25, -0.2) is 14.2 Å². The molecule has 0 spiro atoms. The van der Waals surface area contributed by atoms with Crippen molar-refractivity contribution in [3.8, 4) is 11.8 Å². The van der Waals surface area contributed by atoms with Crippen LogP contribution in [0.1, 0.15) is 45.6 Å². The number of alkyl halides is 1. The summed E-state index contributed by atoms with van der Waals surface area (Å²) in [6, 6.07) is 1.07. The Morgan fingerprint density at radius 1 is 1.37 bits per heavy atom. The fourth-order valence-electron chi connectivity index (χ4n) is 3.54. The van der Waals surface area contributed by atoms with E-state index in [1.54, 1.807) is 33.0 Å². The standard InChI is InChI=1S/C22H29ClFN3O3/c1-22(2,3)30-21(28)26-18-14-27(9-6-17(18)24)19-12-20(23)25-13-16(19)5-4-15-7-10-29-11-8-15/h12-13,15,17-18H,6-11,14H2,1-3H3,(H,26,28)/t17-,18+/m0/s1. The Balaban J connectivity index is 1.75. The highest BCUT2D eigenvalue weighted by atomic mass is 35.5. The smallest absolute Gasteiger partial charge is 0.408 e. The molecule has 0 saturated carbocycles. The molecule has 3 rings (SSSR count). The van der Waals surface area contributed by atoms with Crippen molar-refractivity contribution in [2.24, 2.45) is 5.92 Å². The number of amides is 1. The third-order valence-electron chi connectivity index (χ3n) is 5.05. The molecule has 0 aromatic carbocycles. The van der Waals surface area contributed by atoms with Crippen molar-refractivity contribution in [1.29, 1.82) is 0 Å². The SMILES string of the molecule is CC(C)(C)OC(=O)N[C@@H]1CN(c2cc(Cl)ncc2C#CC2CCOCC2)CC[C@@H]1F. The summed E-state index contributed by atoms with van der Waals surface area (Å²) in [5.74, 6) is 6.83. The van der Waals surface area contributed by atoms with Crippen molar-refractivity contribution < 1.29 is 18.7 Å². The molecule has 2 atom stereocenters. The number of alkyl carbamates (subject to hydrolysis) is 1. The van der Waals surface area contributed by atoms with Gasteiger partial charge in [0.25, 0.3) is 0 Å². The molecule has 2 aliphatic heterocycles. The van der Waals surface area contributed by atoms with Crippen LogP contribution in [0.25, 0.3) is 0 Å². The maximum atomic E-state index is 14.5. The first-order chi connectivity index (χ1) is 14.2. The normalized spacial score (nSPS) is 22.8. The zero-order valence-corrected chi connectivity index (χ0v) is 18.5. The molecule has 0 radical (unpaired) electrons. The van der Waals surface area contributed by atoms with Gasteiger partial charge in [-0.1, -0.05) is 23.4 Å². The lowest BCUT2D eigenvalue weighted by molar-refractivity contribution is 0.0466. The molecule has 6 nitrogen and oxygen atoms in total. The van der Waals surface area contributed by atoms with Crippen molar-refractivity contribution in [3.63, 3.8) is 0 Å². The van der Waals surface area contributed by atoms with Gasteiger partial charge in [0.05, 0.1) is 17.3 Å². The van der Waals surface area contributed by atoms with Crippen molar-refractivity contribution in [2.75, 3.05) is 31.2 Å². The molecular weight excluding hydrogens is 409 g/mol. The van der Waals surface area contributed by atoms with Gasteiger partial charge in [-0.05, 0) is 40.0 Å². The highest BCUT2D eigenvalue weighted by Gasteiger charge is 2.32. The van der Waals surface area contributed by atoms with Crippen molar-refractivity contribution in [1.82, 2.24) is 10.3 Å². The molecule has 1 aromatic heterocycles. The van der Waals surface area contributed by atoms with Gasteiger partial charge in [0, 0.05) is 44.5 Å². The molecule has 0 aliphatic carbocycles. The number of nitrogens with one attached hydrogen (secondary N) is 1. The van der Waals surface area contributed by atoms with Crippen LogP contribution in [0.5, 0.6) is 0 Å². The molecule has 1 amide bonds. The molecule has 2 fully saturated rings. The molecule has 164 valence electrons. The number of aromatic nitrogens is 1. The molecule has 0 bridgehead atoms. The summed E-state index contributed by atoms with van der Waals surface area (Å²) in [6.07, 6.45) is 2.00. The number of rotatable bonds is 2. The Labute approximate surface area is 182 Å². The number of ether oxygens (including phenoxy) is 2. The van der Waals surface area contributed by atoms with Gasteiger partial charge in [-0.2, -0.15) is 0 Å². The molecule has 2 aliphatic rings. The van der Waals surface area contributed by atoms with E-state index in [0.29, 0.717) is 24.2 Å². The molecule has 30 heavy (non-hydrogen) atoms.